The number of carboxylic acids is 1. The molecule has 0 aliphatic carbocycles. The van der Waals surface area contributed by atoms with Crippen LogP contribution in [-0.4, -0.2) is 11.1 Å². The second-order valence-electron chi connectivity index (χ2n) is 5.12. The van der Waals surface area contributed by atoms with Crippen molar-refractivity contribution in [1.82, 2.24) is 0 Å². The van der Waals surface area contributed by atoms with Gasteiger partial charge in [-0.1, -0.05) is 23.8 Å². The van der Waals surface area contributed by atoms with Gasteiger partial charge in [-0.3, -0.25) is 4.79 Å². The van der Waals surface area contributed by atoms with E-state index < -0.39 is 11.4 Å². The summed E-state index contributed by atoms with van der Waals surface area (Å²) in [5.41, 5.74) is 3.09. The SMILES string of the molecule is Cc1ccc(C)c(CCC(C)(C)C(=O)O)c1. The molecular weight excluding hydrogens is 200 g/mol. The molecule has 0 bridgehead atoms. The maximum Gasteiger partial charge on any atom is 0.309 e. The topological polar surface area (TPSA) is 37.3 Å². The summed E-state index contributed by atoms with van der Waals surface area (Å²) in [7, 11) is 0. The summed E-state index contributed by atoms with van der Waals surface area (Å²) >= 11 is 0. The van der Waals surface area contributed by atoms with Crippen molar-refractivity contribution in [2.45, 2.75) is 40.5 Å². The van der Waals surface area contributed by atoms with Crippen molar-refractivity contribution in [1.29, 1.82) is 0 Å². The zero-order valence-corrected chi connectivity index (χ0v) is 10.5. The first-order valence-corrected chi connectivity index (χ1v) is 5.62. The summed E-state index contributed by atoms with van der Waals surface area (Å²) in [5.74, 6) is -0.724. The lowest BCUT2D eigenvalue weighted by Crippen LogP contribution is -2.24. The monoisotopic (exact) mass is 220 g/mol. The second kappa shape index (κ2) is 4.69. The van der Waals surface area contributed by atoms with Gasteiger partial charge in [0.2, 0.25) is 0 Å². The van der Waals surface area contributed by atoms with Gasteiger partial charge >= 0.3 is 5.97 Å². The molecule has 0 saturated heterocycles. The number of carboxylic acid groups (broad SMARTS) is 1. The first-order chi connectivity index (χ1) is 7.33. The molecule has 0 fully saturated rings. The summed E-state index contributed by atoms with van der Waals surface area (Å²) in [4.78, 5) is 11.0. The number of hydrogen-bond acceptors (Lipinski definition) is 1. The van der Waals surface area contributed by atoms with Gasteiger partial charge in [0, 0.05) is 0 Å². The van der Waals surface area contributed by atoms with E-state index in [0.29, 0.717) is 6.42 Å². The van der Waals surface area contributed by atoms with Gasteiger partial charge in [0.15, 0.2) is 0 Å². The molecule has 1 aromatic rings. The molecule has 0 heterocycles. The first kappa shape index (κ1) is 12.8. The minimum absolute atomic E-state index is 0.643. The Morgan fingerprint density at radius 3 is 2.50 bits per heavy atom. The van der Waals surface area contributed by atoms with Crippen LogP contribution in [0.5, 0.6) is 0 Å². The molecule has 2 heteroatoms. The Morgan fingerprint density at radius 1 is 1.31 bits per heavy atom. The number of rotatable bonds is 4. The molecule has 0 aliphatic heterocycles. The third-order valence-electron chi connectivity index (χ3n) is 3.10. The van der Waals surface area contributed by atoms with Gasteiger partial charge in [0.05, 0.1) is 5.41 Å². The van der Waals surface area contributed by atoms with E-state index in [1.165, 1.54) is 16.7 Å². The van der Waals surface area contributed by atoms with E-state index >= 15 is 0 Å². The first-order valence-electron chi connectivity index (χ1n) is 5.62. The molecule has 16 heavy (non-hydrogen) atoms. The summed E-state index contributed by atoms with van der Waals surface area (Å²) in [6, 6.07) is 6.33. The van der Waals surface area contributed by atoms with Crippen LogP contribution >= 0.6 is 0 Å². The van der Waals surface area contributed by atoms with Gasteiger partial charge in [0.1, 0.15) is 0 Å². The quantitative estimate of drug-likeness (QED) is 0.845. The van der Waals surface area contributed by atoms with Crippen LogP contribution in [0.4, 0.5) is 0 Å². The lowest BCUT2D eigenvalue weighted by Gasteiger charge is -2.19. The fourth-order valence-corrected chi connectivity index (χ4v) is 1.62. The fraction of sp³-hybridized carbons (Fsp3) is 0.500. The van der Waals surface area contributed by atoms with E-state index in [9.17, 15) is 4.79 Å². The van der Waals surface area contributed by atoms with E-state index in [1.807, 2.05) is 0 Å². The number of hydrogen-bond donors (Lipinski definition) is 1. The van der Waals surface area contributed by atoms with Crippen LogP contribution < -0.4 is 0 Å². The van der Waals surface area contributed by atoms with Crippen LogP contribution in [0.25, 0.3) is 0 Å². The van der Waals surface area contributed by atoms with Crippen LogP contribution in [0.1, 0.15) is 37.0 Å². The van der Waals surface area contributed by atoms with Crippen molar-refractivity contribution in [2.75, 3.05) is 0 Å². The fourth-order valence-electron chi connectivity index (χ4n) is 1.62. The van der Waals surface area contributed by atoms with Gasteiger partial charge < -0.3 is 5.11 Å². The predicted molar refractivity (Wildman–Crippen MR) is 65.7 cm³/mol. The lowest BCUT2D eigenvalue weighted by molar-refractivity contribution is -0.147. The Hall–Kier alpha value is -1.31. The third kappa shape index (κ3) is 3.09. The zero-order chi connectivity index (χ0) is 12.3. The smallest absolute Gasteiger partial charge is 0.309 e. The Balaban J connectivity index is 2.75. The van der Waals surface area contributed by atoms with Crippen LogP contribution in [0.2, 0.25) is 0 Å². The number of carbonyl (C=O) groups is 1. The van der Waals surface area contributed by atoms with Gasteiger partial charge in [-0.25, -0.2) is 0 Å². The summed E-state index contributed by atoms with van der Waals surface area (Å²) < 4.78 is 0. The van der Waals surface area contributed by atoms with E-state index in [-0.39, 0.29) is 0 Å². The molecule has 0 radical (unpaired) electrons. The minimum atomic E-state index is -0.724. The second-order valence-corrected chi connectivity index (χ2v) is 5.12. The molecule has 1 N–H and O–H groups in total. The number of aryl methyl sites for hydroxylation is 3. The average molecular weight is 220 g/mol. The molecular formula is C14H20O2. The van der Waals surface area contributed by atoms with E-state index in [1.54, 1.807) is 13.8 Å². The van der Waals surface area contributed by atoms with Gasteiger partial charge in [-0.15, -0.1) is 0 Å². The standard InChI is InChI=1S/C14H20O2/c1-10-5-6-11(2)12(9-10)7-8-14(3,4)13(15)16/h5-6,9H,7-8H2,1-4H3,(H,15,16). The van der Waals surface area contributed by atoms with Crippen LogP contribution in [0, 0.1) is 19.3 Å². The summed E-state index contributed by atoms with van der Waals surface area (Å²) in [6.07, 6.45) is 1.50. The van der Waals surface area contributed by atoms with E-state index in [4.69, 9.17) is 5.11 Å². The molecule has 0 aliphatic rings. The largest absolute Gasteiger partial charge is 0.481 e. The molecule has 0 atom stereocenters. The maximum atomic E-state index is 11.0. The molecule has 0 aromatic heterocycles. The van der Waals surface area contributed by atoms with Gasteiger partial charge in [0.25, 0.3) is 0 Å². The zero-order valence-electron chi connectivity index (χ0n) is 10.5. The highest BCUT2D eigenvalue weighted by atomic mass is 16.4. The highest BCUT2D eigenvalue weighted by Crippen LogP contribution is 2.24. The summed E-state index contributed by atoms with van der Waals surface area (Å²) in [5, 5.41) is 9.04. The summed E-state index contributed by atoms with van der Waals surface area (Å²) in [6.45, 7) is 7.69. The lowest BCUT2D eigenvalue weighted by atomic mass is 9.85. The Morgan fingerprint density at radius 2 is 1.94 bits per heavy atom. The van der Waals surface area contributed by atoms with Gasteiger partial charge in [-0.2, -0.15) is 0 Å². The van der Waals surface area contributed by atoms with Crippen LogP contribution in [-0.2, 0) is 11.2 Å². The Labute approximate surface area is 97.3 Å². The molecule has 2 nitrogen and oxygen atoms in total. The third-order valence-corrected chi connectivity index (χ3v) is 3.10. The molecule has 0 unspecified atom stereocenters. The predicted octanol–water partition coefficient (Wildman–Crippen LogP) is 3.35. The van der Waals surface area contributed by atoms with Crippen molar-refractivity contribution in [3.63, 3.8) is 0 Å². The van der Waals surface area contributed by atoms with Crippen molar-refractivity contribution >= 4 is 5.97 Å². The van der Waals surface area contributed by atoms with E-state index in [2.05, 4.69) is 32.0 Å². The Bertz CT molecular complexity index is 392. The van der Waals surface area contributed by atoms with Crippen LogP contribution in [0.15, 0.2) is 18.2 Å². The van der Waals surface area contributed by atoms with E-state index in [0.717, 1.165) is 6.42 Å². The molecule has 0 saturated carbocycles. The molecule has 1 aromatic carbocycles. The molecule has 88 valence electrons. The number of aliphatic carboxylic acids is 1. The minimum Gasteiger partial charge on any atom is -0.481 e. The highest BCUT2D eigenvalue weighted by Gasteiger charge is 2.26. The van der Waals surface area contributed by atoms with Crippen molar-refractivity contribution in [3.05, 3.63) is 34.9 Å². The number of benzene rings is 1. The molecule has 0 spiro atoms. The normalized spacial score (nSPS) is 11.5. The average Bonchev–Trinajstić information content (AvgIpc) is 2.19. The maximum absolute atomic E-state index is 11.0. The highest BCUT2D eigenvalue weighted by molar-refractivity contribution is 5.73. The van der Waals surface area contributed by atoms with Crippen molar-refractivity contribution in [2.24, 2.45) is 5.41 Å². The Kier molecular flexibility index (Phi) is 3.74. The van der Waals surface area contributed by atoms with Crippen molar-refractivity contribution in [3.8, 4) is 0 Å². The van der Waals surface area contributed by atoms with Gasteiger partial charge in [-0.05, 0) is 51.7 Å². The molecule has 0 amide bonds. The van der Waals surface area contributed by atoms with Crippen molar-refractivity contribution < 1.29 is 9.90 Å². The van der Waals surface area contributed by atoms with Crippen LogP contribution in [0.3, 0.4) is 0 Å². The molecule has 1 rings (SSSR count).